The first-order valence-corrected chi connectivity index (χ1v) is 15.9. The smallest absolute Gasteiger partial charge is 0.211 e. The van der Waals surface area contributed by atoms with Crippen molar-refractivity contribution in [2.45, 2.75) is 32.4 Å². The Bertz CT molecular complexity index is 2000. The van der Waals surface area contributed by atoms with Crippen molar-refractivity contribution in [2.75, 3.05) is 0 Å². The summed E-state index contributed by atoms with van der Waals surface area (Å²) >= 11 is 0. The van der Waals surface area contributed by atoms with Crippen LogP contribution in [0.25, 0.3) is 6.08 Å². The van der Waals surface area contributed by atoms with Crippen LogP contribution >= 0.6 is 0 Å². The quantitative estimate of drug-likeness (QED) is 0.173. The van der Waals surface area contributed by atoms with Crippen LogP contribution in [0, 0.1) is 23.3 Å². The number of nitrogens with zero attached hydrogens (tertiary/aromatic N) is 2. The van der Waals surface area contributed by atoms with Crippen molar-refractivity contribution in [3.8, 4) is 0 Å². The molecule has 2 heterocycles. The highest BCUT2D eigenvalue weighted by Crippen LogP contribution is 2.24. The molecule has 0 radical (unpaired) electrons. The van der Waals surface area contributed by atoms with Crippen molar-refractivity contribution in [3.63, 3.8) is 0 Å². The zero-order chi connectivity index (χ0) is 31.9. The monoisotopic (exact) mass is 640 g/mol. The van der Waals surface area contributed by atoms with Crippen LogP contribution in [-0.4, -0.2) is 26.8 Å². The van der Waals surface area contributed by atoms with Gasteiger partial charge in [0, 0.05) is 24.2 Å². The third-order valence-electron chi connectivity index (χ3n) is 6.30. The molecule has 0 N–H and O–H groups in total. The van der Waals surface area contributed by atoms with Gasteiger partial charge in [-0.2, -0.15) is 0 Å². The summed E-state index contributed by atoms with van der Waals surface area (Å²) in [7, 11) is -7.87. The third kappa shape index (κ3) is 7.44. The molecule has 0 saturated heterocycles. The molecule has 0 atom stereocenters. The second-order valence-corrected chi connectivity index (χ2v) is 13.0. The highest BCUT2D eigenvalue weighted by atomic mass is 32.2. The van der Waals surface area contributed by atoms with E-state index in [9.17, 15) is 34.4 Å². The van der Waals surface area contributed by atoms with Gasteiger partial charge in [0.2, 0.25) is 19.7 Å². The number of aryl methyl sites for hydroxylation is 2. The highest BCUT2D eigenvalue weighted by molar-refractivity contribution is 7.91. The fraction of sp³-hybridized carbons (Fsp3) is 0.0625. The van der Waals surface area contributed by atoms with Gasteiger partial charge < -0.3 is 0 Å². The maximum absolute atomic E-state index is 13.8. The van der Waals surface area contributed by atoms with E-state index in [0.717, 1.165) is 24.4 Å². The first-order chi connectivity index (χ1) is 20.9. The molecule has 0 unspecified atom stereocenters. The zero-order valence-electron chi connectivity index (χ0n) is 22.9. The lowest BCUT2D eigenvalue weighted by Gasteiger charge is -2.07. The van der Waals surface area contributed by atoms with Gasteiger partial charge in [-0.15, -0.1) is 0 Å². The van der Waals surface area contributed by atoms with Crippen LogP contribution in [-0.2, 0) is 32.5 Å². The average molecular weight is 641 g/mol. The second-order valence-electron chi connectivity index (χ2n) is 9.21. The number of benzene rings is 3. The van der Waals surface area contributed by atoms with E-state index in [1.54, 1.807) is 0 Å². The van der Waals surface area contributed by atoms with E-state index in [1.807, 2.05) is 0 Å². The Kier molecular flexibility index (Phi) is 10.1. The first-order valence-electron chi connectivity index (χ1n) is 12.9. The van der Waals surface area contributed by atoms with E-state index in [1.165, 1.54) is 85.1 Å². The summed E-state index contributed by atoms with van der Waals surface area (Å²) in [5.74, 6) is -2.88. The van der Waals surface area contributed by atoms with Crippen molar-refractivity contribution < 1.29 is 34.4 Å². The van der Waals surface area contributed by atoms with Crippen molar-refractivity contribution >= 4 is 25.8 Å². The number of halogens is 4. The molecule has 0 bridgehead atoms. The van der Waals surface area contributed by atoms with Gasteiger partial charge >= 0.3 is 0 Å². The van der Waals surface area contributed by atoms with Gasteiger partial charge in [0.05, 0.1) is 15.5 Å². The fourth-order valence-corrected chi connectivity index (χ4v) is 6.51. The maximum atomic E-state index is 13.8. The minimum Gasteiger partial charge on any atom is -0.260 e. The van der Waals surface area contributed by atoms with Crippen LogP contribution in [0.3, 0.4) is 0 Å². The van der Waals surface area contributed by atoms with Crippen LogP contribution in [0.15, 0.2) is 130 Å². The molecule has 0 aliphatic heterocycles. The largest absolute Gasteiger partial charge is 0.260 e. The van der Waals surface area contributed by atoms with Crippen LogP contribution in [0.1, 0.15) is 17.0 Å². The highest BCUT2D eigenvalue weighted by Gasteiger charge is 2.22. The fourth-order valence-electron chi connectivity index (χ4n) is 3.96. The summed E-state index contributed by atoms with van der Waals surface area (Å²) < 4.78 is 103. The van der Waals surface area contributed by atoms with Crippen molar-refractivity contribution in [1.29, 1.82) is 0 Å². The van der Waals surface area contributed by atoms with E-state index >= 15 is 0 Å². The molecule has 0 amide bonds. The topological polar surface area (TPSA) is 94.1 Å². The number of pyridine rings is 2. The molecule has 0 aliphatic rings. The molecule has 0 spiro atoms. The standard InChI is InChI=1S/C19H14F3NO2S.C13H10FNO2S/c20-14-7-5-13(18(22)11-14)6-8-15-9-10-16(12-23-15)26(24,25)19-4-2-1-3-17(19)21;1-2-10-7-8-11(9-15-10)18(16,17)13-6-4-3-5-12(13)14/h1-5,7,9-12H,6,8H2;2-9H,1H2. The summed E-state index contributed by atoms with van der Waals surface area (Å²) in [6, 6.07) is 19.4. The molecule has 5 aromatic rings. The van der Waals surface area contributed by atoms with Gasteiger partial charge in [-0.1, -0.05) is 36.9 Å². The SMILES string of the molecule is C=Cc1ccc(S(=O)(=O)c2ccccc2F)cn1.O=S(=O)(c1ccc(CCc2ccc(F)cc2F)nc1)c1ccccc1F. The van der Waals surface area contributed by atoms with Crippen LogP contribution in [0.4, 0.5) is 17.6 Å². The molecular weight excluding hydrogens is 616 g/mol. The molecule has 6 nitrogen and oxygen atoms in total. The van der Waals surface area contributed by atoms with Gasteiger partial charge in [0.1, 0.15) is 33.1 Å². The lowest BCUT2D eigenvalue weighted by molar-refractivity contribution is 0.564. The summed E-state index contributed by atoms with van der Waals surface area (Å²) in [6.07, 6.45) is 4.48. The van der Waals surface area contributed by atoms with E-state index in [2.05, 4.69) is 16.5 Å². The Morgan fingerprint density at radius 2 is 1.16 bits per heavy atom. The molecule has 44 heavy (non-hydrogen) atoms. The van der Waals surface area contributed by atoms with Gasteiger partial charge in [-0.3, -0.25) is 9.97 Å². The number of sulfone groups is 2. The molecule has 2 aromatic heterocycles. The molecular formula is C32H24F4N2O4S2. The molecule has 226 valence electrons. The lowest BCUT2D eigenvalue weighted by atomic mass is 10.1. The molecule has 0 aliphatic carbocycles. The van der Waals surface area contributed by atoms with Gasteiger partial charge in [0.15, 0.2) is 0 Å². The van der Waals surface area contributed by atoms with E-state index in [-0.39, 0.29) is 14.7 Å². The Labute approximate surface area is 252 Å². The van der Waals surface area contributed by atoms with Crippen molar-refractivity contribution in [1.82, 2.24) is 9.97 Å². The first kappa shape index (κ1) is 32.2. The molecule has 0 fully saturated rings. The maximum Gasteiger partial charge on any atom is 0.211 e. The zero-order valence-corrected chi connectivity index (χ0v) is 24.5. The summed E-state index contributed by atoms with van der Waals surface area (Å²) in [4.78, 5) is 7.03. The third-order valence-corrected chi connectivity index (χ3v) is 9.85. The molecule has 5 rings (SSSR count). The normalized spacial score (nSPS) is 11.4. The Morgan fingerprint density at radius 1 is 0.614 bits per heavy atom. The minimum atomic E-state index is -4.00. The number of hydrogen-bond acceptors (Lipinski definition) is 6. The van der Waals surface area contributed by atoms with Crippen molar-refractivity contribution in [3.05, 3.63) is 150 Å². The van der Waals surface area contributed by atoms with E-state index in [0.29, 0.717) is 29.8 Å². The predicted molar refractivity (Wildman–Crippen MR) is 156 cm³/mol. The Morgan fingerprint density at radius 3 is 1.61 bits per heavy atom. The summed E-state index contributed by atoms with van der Waals surface area (Å²) in [5, 5.41) is 0. The van der Waals surface area contributed by atoms with Crippen LogP contribution in [0.2, 0.25) is 0 Å². The van der Waals surface area contributed by atoms with Gasteiger partial charge in [-0.05, 0) is 79.1 Å². The Balaban J connectivity index is 0.000000215. The number of aromatic nitrogens is 2. The van der Waals surface area contributed by atoms with Gasteiger partial charge in [0.25, 0.3) is 0 Å². The lowest BCUT2D eigenvalue weighted by Crippen LogP contribution is -2.06. The predicted octanol–water partition coefficient (Wildman–Crippen LogP) is 6.81. The van der Waals surface area contributed by atoms with Gasteiger partial charge in [-0.25, -0.2) is 34.4 Å². The van der Waals surface area contributed by atoms with Crippen LogP contribution < -0.4 is 0 Å². The summed E-state index contributed by atoms with van der Waals surface area (Å²) in [6.45, 7) is 3.52. The molecule has 3 aromatic carbocycles. The Hall–Kier alpha value is -4.68. The minimum absolute atomic E-state index is 0.0433. The van der Waals surface area contributed by atoms with E-state index in [4.69, 9.17) is 0 Å². The number of hydrogen-bond donors (Lipinski definition) is 0. The van der Waals surface area contributed by atoms with Crippen molar-refractivity contribution in [2.24, 2.45) is 0 Å². The average Bonchev–Trinajstić information content (AvgIpc) is 3.01. The van der Waals surface area contributed by atoms with E-state index < -0.39 is 47.8 Å². The molecule has 0 saturated carbocycles. The number of rotatable bonds is 8. The summed E-state index contributed by atoms with van der Waals surface area (Å²) in [5.41, 5.74) is 1.44. The van der Waals surface area contributed by atoms with Crippen LogP contribution in [0.5, 0.6) is 0 Å². The molecule has 12 heteroatoms. The second kappa shape index (κ2) is 13.7.